The first kappa shape index (κ1) is 25.5. The Morgan fingerprint density at radius 3 is 2.69 bits per heavy atom. The number of hydrogen-bond donors (Lipinski definition) is 1. The van der Waals surface area contributed by atoms with Crippen molar-refractivity contribution in [1.29, 1.82) is 0 Å². The van der Waals surface area contributed by atoms with Crippen LogP contribution < -0.4 is 20.3 Å². The van der Waals surface area contributed by atoms with Crippen molar-refractivity contribution >= 4 is 60.6 Å². The van der Waals surface area contributed by atoms with Gasteiger partial charge >= 0.3 is 0 Å². The highest BCUT2D eigenvalue weighted by Crippen LogP contribution is 2.34. The van der Waals surface area contributed by atoms with Crippen LogP contribution in [-0.4, -0.2) is 35.5 Å². The molecule has 11 heteroatoms. The van der Waals surface area contributed by atoms with Crippen LogP contribution in [0.5, 0.6) is 11.5 Å². The normalized spacial score (nSPS) is 11.1. The Morgan fingerprint density at radius 2 is 1.94 bits per heavy atom. The summed E-state index contributed by atoms with van der Waals surface area (Å²) in [6.45, 7) is 1.25. The largest absolute Gasteiger partial charge is 0.493 e. The van der Waals surface area contributed by atoms with Crippen LogP contribution in [0.3, 0.4) is 0 Å². The van der Waals surface area contributed by atoms with Crippen molar-refractivity contribution in [1.82, 2.24) is 9.66 Å². The molecule has 4 aromatic rings. The molecule has 0 saturated heterocycles. The van der Waals surface area contributed by atoms with E-state index >= 15 is 0 Å². The Labute approximate surface area is 222 Å². The molecule has 0 radical (unpaired) electrons. The highest BCUT2D eigenvalue weighted by atomic mass is 79.9. The lowest BCUT2D eigenvalue weighted by Gasteiger charge is -2.14. The van der Waals surface area contributed by atoms with Crippen molar-refractivity contribution in [3.8, 4) is 11.5 Å². The predicted molar refractivity (Wildman–Crippen MR) is 143 cm³/mol. The molecule has 1 N–H and O–H groups in total. The van der Waals surface area contributed by atoms with E-state index in [1.54, 1.807) is 37.3 Å². The van der Waals surface area contributed by atoms with E-state index < -0.39 is 18.3 Å². The number of rotatable bonds is 7. The number of carbonyl (C=O) groups is 1. The molecule has 1 heterocycles. The molecule has 0 spiro atoms. The summed E-state index contributed by atoms with van der Waals surface area (Å²) in [5.41, 5.74) is 0.686. The SMILES string of the molecule is COc1cc(Br)cc(C=Nn2c(C)nc3ccc(Br)cc3c2=O)c1OCC(=O)Nc1ccccc1F. The number of carbonyl (C=O) groups excluding carboxylic acids is 1. The molecule has 0 aliphatic rings. The van der Waals surface area contributed by atoms with Crippen LogP contribution in [0.2, 0.25) is 0 Å². The topological polar surface area (TPSA) is 94.8 Å². The van der Waals surface area contributed by atoms with Crippen molar-refractivity contribution in [3.63, 3.8) is 0 Å². The van der Waals surface area contributed by atoms with Crippen LogP contribution in [-0.2, 0) is 4.79 Å². The lowest BCUT2D eigenvalue weighted by molar-refractivity contribution is -0.118. The van der Waals surface area contributed by atoms with E-state index in [9.17, 15) is 14.0 Å². The first-order valence-electron chi connectivity index (χ1n) is 10.5. The molecule has 0 fully saturated rings. The summed E-state index contributed by atoms with van der Waals surface area (Å²) in [5.74, 6) is -0.190. The van der Waals surface area contributed by atoms with E-state index in [-0.39, 0.29) is 17.0 Å². The van der Waals surface area contributed by atoms with Gasteiger partial charge in [0.15, 0.2) is 18.1 Å². The lowest BCUT2D eigenvalue weighted by atomic mass is 10.2. The monoisotopic (exact) mass is 616 g/mol. The van der Waals surface area contributed by atoms with E-state index in [2.05, 4.69) is 47.3 Å². The number of anilines is 1. The zero-order valence-electron chi connectivity index (χ0n) is 19.1. The van der Waals surface area contributed by atoms with Gasteiger partial charge in [0, 0.05) is 14.5 Å². The maximum Gasteiger partial charge on any atom is 0.282 e. The summed E-state index contributed by atoms with van der Waals surface area (Å²) in [7, 11) is 1.45. The number of halogens is 3. The molecule has 0 bridgehead atoms. The molecule has 8 nitrogen and oxygen atoms in total. The fourth-order valence-corrected chi connectivity index (χ4v) is 4.21. The molecule has 1 aromatic heterocycles. The Balaban J connectivity index is 1.65. The third-order valence-corrected chi connectivity index (χ3v) is 6.00. The van der Waals surface area contributed by atoms with Gasteiger partial charge in [0.2, 0.25) is 0 Å². The number of fused-ring (bicyclic) bond motifs is 1. The van der Waals surface area contributed by atoms with Crippen molar-refractivity contribution in [2.45, 2.75) is 6.92 Å². The number of ether oxygens (including phenoxy) is 2. The minimum absolute atomic E-state index is 0.0425. The van der Waals surface area contributed by atoms with Gasteiger partial charge < -0.3 is 14.8 Å². The quantitative estimate of drug-likeness (QED) is 0.285. The molecular formula is C25H19Br2FN4O4. The average Bonchev–Trinajstić information content (AvgIpc) is 2.84. The average molecular weight is 618 g/mol. The Bertz CT molecular complexity index is 1560. The van der Waals surface area contributed by atoms with Crippen LogP contribution in [0.15, 0.2) is 73.4 Å². The van der Waals surface area contributed by atoms with E-state index in [0.717, 1.165) is 4.47 Å². The summed E-state index contributed by atoms with van der Waals surface area (Å²) in [5, 5.41) is 7.20. The van der Waals surface area contributed by atoms with Crippen LogP contribution in [0.1, 0.15) is 11.4 Å². The first-order chi connectivity index (χ1) is 17.3. The van der Waals surface area contributed by atoms with Crippen molar-refractivity contribution < 1.29 is 18.7 Å². The zero-order valence-corrected chi connectivity index (χ0v) is 22.3. The number of methoxy groups -OCH3 is 1. The van der Waals surface area contributed by atoms with Gasteiger partial charge in [0.1, 0.15) is 11.6 Å². The fourth-order valence-electron chi connectivity index (χ4n) is 3.39. The molecular weight excluding hydrogens is 599 g/mol. The highest BCUT2D eigenvalue weighted by Gasteiger charge is 2.15. The maximum atomic E-state index is 13.9. The van der Waals surface area contributed by atoms with Crippen LogP contribution in [0.4, 0.5) is 10.1 Å². The summed E-state index contributed by atoms with van der Waals surface area (Å²) >= 11 is 6.78. The third-order valence-electron chi connectivity index (χ3n) is 5.05. The number of aryl methyl sites for hydroxylation is 1. The second-order valence-electron chi connectivity index (χ2n) is 7.53. The Hall–Kier alpha value is -3.57. The van der Waals surface area contributed by atoms with E-state index in [1.165, 1.54) is 36.2 Å². The summed E-state index contributed by atoms with van der Waals surface area (Å²) in [6.07, 6.45) is 1.41. The molecule has 36 heavy (non-hydrogen) atoms. The Kier molecular flexibility index (Phi) is 7.80. The molecule has 0 aliphatic carbocycles. The number of aromatic nitrogens is 2. The van der Waals surface area contributed by atoms with E-state index in [0.29, 0.717) is 32.5 Å². The predicted octanol–water partition coefficient (Wildman–Crippen LogP) is 5.28. The highest BCUT2D eigenvalue weighted by molar-refractivity contribution is 9.10. The molecule has 1 amide bonds. The van der Waals surface area contributed by atoms with Gasteiger partial charge in [0.25, 0.3) is 11.5 Å². The van der Waals surface area contributed by atoms with Crippen molar-refractivity contribution in [2.75, 3.05) is 19.0 Å². The Morgan fingerprint density at radius 1 is 1.17 bits per heavy atom. The second kappa shape index (κ2) is 11.0. The molecule has 184 valence electrons. The maximum absolute atomic E-state index is 13.9. The molecule has 0 atom stereocenters. The molecule has 0 aliphatic heterocycles. The molecule has 4 rings (SSSR count). The number of amides is 1. The third kappa shape index (κ3) is 5.63. The number of nitrogens with one attached hydrogen (secondary N) is 1. The van der Waals surface area contributed by atoms with Gasteiger partial charge in [-0.1, -0.05) is 44.0 Å². The summed E-state index contributed by atoms with van der Waals surface area (Å²) in [4.78, 5) is 29.9. The second-order valence-corrected chi connectivity index (χ2v) is 9.36. The van der Waals surface area contributed by atoms with Crippen molar-refractivity contribution in [3.05, 3.63) is 91.1 Å². The minimum atomic E-state index is -0.565. The first-order valence-corrected chi connectivity index (χ1v) is 12.1. The van der Waals surface area contributed by atoms with Crippen LogP contribution in [0.25, 0.3) is 10.9 Å². The fraction of sp³-hybridized carbons (Fsp3) is 0.120. The van der Waals surface area contributed by atoms with Crippen molar-refractivity contribution in [2.24, 2.45) is 5.10 Å². The van der Waals surface area contributed by atoms with Crippen LogP contribution in [0, 0.1) is 12.7 Å². The van der Waals surface area contributed by atoms with Gasteiger partial charge in [-0.2, -0.15) is 9.78 Å². The van der Waals surface area contributed by atoms with Gasteiger partial charge in [-0.25, -0.2) is 9.37 Å². The number of benzene rings is 3. The summed E-state index contributed by atoms with van der Waals surface area (Å²) < 4.78 is 27.6. The smallest absolute Gasteiger partial charge is 0.282 e. The summed E-state index contributed by atoms with van der Waals surface area (Å²) in [6, 6.07) is 14.4. The minimum Gasteiger partial charge on any atom is -0.493 e. The van der Waals surface area contributed by atoms with Crippen LogP contribution >= 0.6 is 31.9 Å². The standard InChI is InChI=1S/C25H19Br2FN4O4/c1-14-30-20-8-7-16(26)10-18(20)25(34)32(14)29-12-15-9-17(27)11-22(35-2)24(15)36-13-23(33)31-21-6-4-3-5-19(21)28/h3-12H,13H2,1-2H3,(H,31,33). The number of para-hydroxylation sites is 1. The number of hydrogen-bond acceptors (Lipinski definition) is 6. The van der Waals surface area contributed by atoms with E-state index in [4.69, 9.17) is 9.47 Å². The van der Waals surface area contributed by atoms with Gasteiger partial charge in [-0.05, 0) is 49.4 Å². The zero-order chi connectivity index (χ0) is 25.8. The van der Waals surface area contributed by atoms with E-state index in [1.807, 2.05) is 6.07 Å². The number of nitrogens with zero attached hydrogens (tertiary/aromatic N) is 3. The molecule has 3 aromatic carbocycles. The van der Waals surface area contributed by atoms with Gasteiger partial charge in [-0.3, -0.25) is 9.59 Å². The van der Waals surface area contributed by atoms with Gasteiger partial charge in [-0.15, -0.1) is 0 Å². The van der Waals surface area contributed by atoms with Gasteiger partial charge in [0.05, 0.1) is 29.9 Å². The molecule has 0 unspecified atom stereocenters. The lowest BCUT2D eigenvalue weighted by Crippen LogP contribution is -2.22. The molecule has 0 saturated carbocycles.